The van der Waals surface area contributed by atoms with Crippen LogP contribution < -0.4 is 5.32 Å². The lowest BCUT2D eigenvalue weighted by molar-refractivity contribution is -0.138. The number of rotatable bonds is 4. The Morgan fingerprint density at radius 2 is 1.79 bits per heavy atom. The SMILES string of the molecule is O=C(O)CC1(NC(=O)c2ccc(I)cc2)CCCC1. The first kappa shape index (κ1) is 14.3. The van der Waals surface area contributed by atoms with Gasteiger partial charge in [-0.1, -0.05) is 12.8 Å². The average molecular weight is 373 g/mol. The molecule has 0 aromatic heterocycles. The standard InChI is InChI=1S/C14H16INO3/c15-11-5-3-10(4-6-11)13(19)16-14(9-12(17)18)7-1-2-8-14/h3-6H,1-2,7-9H2,(H,16,19)(H,17,18). The fraction of sp³-hybridized carbons (Fsp3) is 0.429. The zero-order valence-corrected chi connectivity index (χ0v) is 12.6. The van der Waals surface area contributed by atoms with Gasteiger partial charge in [-0.25, -0.2) is 0 Å². The van der Waals surface area contributed by atoms with Gasteiger partial charge < -0.3 is 10.4 Å². The molecule has 1 aromatic rings. The molecule has 102 valence electrons. The number of hydrogen-bond donors (Lipinski definition) is 2. The third-order valence-electron chi connectivity index (χ3n) is 3.54. The van der Waals surface area contributed by atoms with Gasteiger partial charge in [0.2, 0.25) is 0 Å². The van der Waals surface area contributed by atoms with Crippen LogP contribution in [0.5, 0.6) is 0 Å². The van der Waals surface area contributed by atoms with Crippen LogP contribution in [0.4, 0.5) is 0 Å². The van der Waals surface area contributed by atoms with Crippen LogP contribution in [0.15, 0.2) is 24.3 Å². The summed E-state index contributed by atoms with van der Waals surface area (Å²) in [7, 11) is 0. The van der Waals surface area contributed by atoms with Crippen LogP contribution in [0.25, 0.3) is 0 Å². The summed E-state index contributed by atoms with van der Waals surface area (Å²) in [5.41, 5.74) is 0.0171. The number of halogens is 1. The highest BCUT2D eigenvalue weighted by molar-refractivity contribution is 14.1. The molecule has 0 aliphatic heterocycles. The third-order valence-corrected chi connectivity index (χ3v) is 4.25. The van der Waals surface area contributed by atoms with Gasteiger partial charge in [0.1, 0.15) is 0 Å². The molecule has 2 N–H and O–H groups in total. The Balaban J connectivity index is 2.11. The summed E-state index contributed by atoms with van der Waals surface area (Å²) < 4.78 is 1.07. The summed E-state index contributed by atoms with van der Waals surface area (Å²) in [5, 5.41) is 11.9. The van der Waals surface area contributed by atoms with Crippen LogP contribution >= 0.6 is 22.6 Å². The molecular formula is C14H16INO3. The van der Waals surface area contributed by atoms with E-state index in [-0.39, 0.29) is 12.3 Å². The van der Waals surface area contributed by atoms with Gasteiger partial charge in [0.05, 0.1) is 12.0 Å². The molecule has 5 heteroatoms. The number of hydrogen-bond acceptors (Lipinski definition) is 2. The number of nitrogens with one attached hydrogen (secondary N) is 1. The highest BCUT2D eigenvalue weighted by Crippen LogP contribution is 2.33. The molecule has 1 aromatic carbocycles. The van der Waals surface area contributed by atoms with Crippen molar-refractivity contribution < 1.29 is 14.7 Å². The van der Waals surface area contributed by atoms with E-state index >= 15 is 0 Å². The maximum atomic E-state index is 12.2. The van der Waals surface area contributed by atoms with Crippen LogP contribution in [0.3, 0.4) is 0 Å². The Hall–Kier alpha value is -1.11. The predicted molar refractivity (Wildman–Crippen MR) is 80.1 cm³/mol. The second-order valence-electron chi connectivity index (χ2n) is 5.02. The van der Waals surface area contributed by atoms with Crippen LogP contribution in [0.2, 0.25) is 0 Å². The maximum Gasteiger partial charge on any atom is 0.305 e. The van der Waals surface area contributed by atoms with E-state index in [2.05, 4.69) is 27.9 Å². The van der Waals surface area contributed by atoms with Crippen LogP contribution in [0.1, 0.15) is 42.5 Å². The van der Waals surface area contributed by atoms with E-state index in [0.29, 0.717) is 5.56 Å². The van der Waals surface area contributed by atoms with E-state index in [1.54, 1.807) is 12.1 Å². The maximum absolute atomic E-state index is 12.2. The zero-order chi connectivity index (χ0) is 13.9. The lowest BCUT2D eigenvalue weighted by Gasteiger charge is -2.28. The smallest absolute Gasteiger partial charge is 0.305 e. The third kappa shape index (κ3) is 3.68. The van der Waals surface area contributed by atoms with E-state index in [1.165, 1.54) is 0 Å². The van der Waals surface area contributed by atoms with Crippen molar-refractivity contribution in [3.05, 3.63) is 33.4 Å². The monoisotopic (exact) mass is 373 g/mol. The summed E-state index contributed by atoms with van der Waals surface area (Å²) in [6.45, 7) is 0. The number of carbonyl (C=O) groups is 2. The Morgan fingerprint density at radius 3 is 2.32 bits per heavy atom. The minimum absolute atomic E-state index is 0.00308. The lowest BCUT2D eigenvalue weighted by Crippen LogP contribution is -2.47. The number of carbonyl (C=O) groups excluding carboxylic acids is 1. The number of aliphatic carboxylic acids is 1. The topological polar surface area (TPSA) is 66.4 Å². The fourth-order valence-corrected chi connectivity index (χ4v) is 2.96. The molecule has 1 fully saturated rings. The molecule has 1 saturated carbocycles. The summed E-state index contributed by atoms with van der Waals surface area (Å²) >= 11 is 2.18. The van der Waals surface area contributed by atoms with Gasteiger partial charge in [-0.05, 0) is 59.7 Å². The largest absolute Gasteiger partial charge is 0.481 e. The quantitative estimate of drug-likeness (QED) is 0.798. The molecule has 0 spiro atoms. The van der Waals surface area contributed by atoms with Crippen LogP contribution in [-0.4, -0.2) is 22.5 Å². The number of benzene rings is 1. The second-order valence-corrected chi connectivity index (χ2v) is 6.26. The average Bonchev–Trinajstić information content (AvgIpc) is 2.77. The first-order valence-electron chi connectivity index (χ1n) is 6.31. The molecule has 1 aliphatic carbocycles. The van der Waals surface area contributed by atoms with Gasteiger partial charge in [0.15, 0.2) is 0 Å². The second kappa shape index (κ2) is 5.90. The molecule has 19 heavy (non-hydrogen) atoms. The van der Waals surface area contributed by atoms with Crippen molar-refractivity contribution in [3.63, 3.8) is 0 Å². The van der Waals surface area contributed by atoms with Gasteiger partial charge in [-0.3, -0.25) is 9.59 Å². The number of carboxylic acids is 1. The minimum Gasteiger partial charge on any atom is -0.481 e. The molecule has 0 heterocycles. The summed E-state index contributed by atoms with van der Waals surface area (Å²) in [6.07, 6.45) is 3.44. The van der Waals surface area contributed by atoms with E-state index < -0.39 is 11.5 Å². The first-order chi connectivity index (χ1) is 9.01. The van der Waals surface area contributed by atoms with Crippen molar-refractivity contribution >= 4 is 34.5 Å². The summed E-state index contributed by atoms with van der Waals surface area (Å²) in [4.78, 5) is 23.2. The number of carboxylic acid groups (broad SMARTS) is 1. The van der Waals surface area contributed by atoms with Crippen LogP contribution in [-0.2, 0) is 4.79 Å². The molecule has 1 aliphatic rings. The Labute approximate surface area is 125 Å². The Morgan fingerprint density at radius 1 is 1.21 bits per heavy atom. The Bertz CT molecular complexity index is 478. The van der Waals surface area contributed by atoms with Gasteiger partial charge in [-0.2, -0.15) is 0 Å². The predicted octanol–water partition coefficient (Wildman–Crippen LogP) is 2.81. The fourth-order valence-electron chi connectivity index (χ4n) is 2.60. The van der Waals surface area contributed by atoms with E-state index in [9.17, 15) is 9.59 Å². The molecule has 4 nitrogen and oxygen atoms in total. The molecular weight excluding hydrogens is 357 g/mol. The van der Waals surface area contributed by atoms with Gasteiger partial charge in [-0.15, -0.1) is 0 Å². The molecule has 1 amide bonds. The summed E-state index contributed by atoms with van der Waals surface area (Å²) in [6, 6.07) is 7.27. The normalized spacial score (nSPS) is 17.1. The highest BCUT2D eigenvalue weighted by Gasteiger charge is 2.37. The summed E-state index contributed by atoms with van der Waals surface area (Å²) in [5.74, 6) is -1.04. The van der Waals surface area contributed by atoms with Gasteiger partial charge >= 0.3 is 5.97 Å². The van der Waals surface area contributed by atoms with Crippen LogP contribution in [0, 0.1) is 3.57 Å². The van der Waals surface area contributed by atoms with Crippen molar-refractivity contribution in [2.45, 2.75) is 37.6 Å². The number of amides is 1. The molecule has 0 atom stereocenters. The van der Waals surface area contributed by atoms with Crippen molar-refractivity contribution in [3.8, 4) is 0 Å². The molecule has 0 saturated heterocycles. The van der Waals surface area contributed by atoms with E-state index in [4.69, 9.17) is 5.11 Å². The van der Waals surface area contributed by atoms with Crippen molar-refractivity contribution in [1.82, 2.24) is 5.32 Å². The minimum atomic E-state index is -0.857. The lowest BCUT2D eigenvalue weighted by atomic mass is 9.92. The zero-order valence-electron chi connectivity index (χ0n) is 10.5. The van der Waals surface area contributed by atoms with Gasteiger partial charge in [0, 0.05) is 9.13 Å². The molecule has 0 radical (unpaired) electrons. The molecule has 0 unspecified atom stereocenters. The van der Waals surface area contributed by atoms with Crippen molar-refractivity contribution in [2.24, 2.45) is 0 Å². The highest BCUT2D eigenvalue weighted by atomic mass is 127. The van der Waals surface area contributed by atoms with Crippen molar-refractivity contribution in [2.75, 3.05) is 0 Å². The van der Waals surface area contributed by atoms with E-state index in [1.807, 2.05) is 12.1 Å². The van der Waals surface area contributed by atoms with E-state index in [0.717, 1.165) is 29.3 Å². The van der Waals surface area contributed by atoms with Gasteiger partial charge in [0.25, 0.3) is 5.91 Å². The Kier molecular flexibility index (Phi) is 4.44. The molecule has 2 rings (SSSR count). The first-order valence-corrected chi connectivity index (χ1v) is 7.39. The van der Waals surface area contributed by atoms with Crippen molar-refractivity contribution in [1.29, 1.82) is 0 Å². The molecule has 0 bridgehead atoms.